The van der Waals surface area contributed by atoms with E-state index < -0.39 is 0 Å². The first-order valence-electron chi connectivity index (χ1n) is 13.4. The van der Waals surface area contributed by atoms with Gasteiger partial charge in [-0.3, -0.25) is 14.6 Å². The quantitative estimate of drug-likeness (QED) is 0.654. The van der Waals surface area contributed by atoms with E-state index in [-0.39, 0.29) is 29.1 Å². The Labute approximate surface area is 212 Å². The lowest BCUT2D eigenvalue weighted by atomic mass is 9.54. The topological polar surface area (TPSA) is 62.3 Å². The second kappa shape index (κ2) is 8.82. The van der Waals surface area contributed by atoms with Gasteiger partial charge in [0.25, 0.3) is 5.91 Å². The van der Waals surface area contributed by atoms with Crippen LogP contribution in [-0.4, -0.2) is 41.3 Å². The summed E-state index contributed by atoms with van der Waals surface area (Å²) in [6.45, 7) is 3.00. The van der Waals surface area contributed by atoms with Gasteiger partial charge in [-0.05, 0) is 109 Å². The van der Waals surface area contributed by atoms with Crippen molar-refractivity contribution in [2.45, 2.75) is 63.8 Å². The van der Waals surface area contributed by atoms with E-state index in [2.05, 4.69) is 35.4 Å². The summed E-state index contributed by atoms with van der Waals surface area (Å²) in [4.78, 5) is 31.5. The van der Waals surface area contributed by atoms with Crippen molar-refractivity contribution in [1.29, 1.82) is 0 Å². The van der Waals surface area contributed by atoms with E-state index in [9.17, 15) is 14.0 Å². The minimum atomic E-state index is -0.365. The summed E-state index contributed by atoms with van der Waals surface area (Å²) in [5.74, 6) is 1.24. The Morgan fingerprint density at radius 1 is 1.17 bits per heavy atom. The number of halogens is 1. The largest absolute Gasteiger partial charge is 0.357 e. The number of hydrogen-bond acceptors (Lipinski definition) is 3. The van der Waals surface area contributed by atoms with Crippen molar-refractivity contribution in [2.24, 2.45) is 17.3 Å². The van der Waals surface area contributed by atoms with Gasteiger partial charge in [-0.1, -0.05) is 19.1 Å². The lowest BCUT2D eigenvalue weighted by Crippen LogP contribution is -2.45. The van der Waals surface area contributed by atoms with Crippen LogP contribution >= 0.6 is 0 Å². The molecule has 2 aromatic rings. The maximum absolute atomic E-state index is 13.9. The molecule has 2 fully saturated rings. The molecule has 1 aromatic carbocycles. The summed E-state index contributed by atoms with van der Waals surface area (Å²) in [7, 11) is 1.63. The van der Waals surface area contributed by atoms with Gasteiger partial charge in [0, 0.05) is 25.4 Å². The Morgan fingerprint density at radius 3 is 2.83 bits per heavy atom. The van der Waals surface area contributed by atoms with Crippen molar-refractivity contribution in [2.75, 3.05) is 13.6 Å². The van der Waals surface area contributed by atoms with Crippen LogP contribution < -0.4 is 5.32 Å². The summed E-state index contributed by atoms with van der Waals surface area (Å²) in [5, 5.41) is 2.70. The monoisotopic (exact) mass is 487 g/mol. The molecule has 0 spiro atoms. The van der Waals surface area contributed by atoms with Crippen LogP contribution in [0.2, 0.25) is 0 Å². The number of aryl methyl sites for hydroxylation is 1. The fourth-order valence-electron chi connectivity index (χ4n) is 7.90. The number of nitrogens with one attached hydrogen (secondary N) is 1. The second-order valence-electron chi connectivity index (χ2n) is 11.3. The van der Waals surface area contributed by atoms with Gasteiger partial charge in [-0.25, -0.2) is 4.39 Å². The summed E-state index contributed by atoms with van der Waals surface area (Å²) in [5.41, 5.74) is 5.63. The van der Waals surface area contributed by atoms with Crippen LogP contribution in [-0.2, 0) is 11.2 Å². The number of likely N-dealkylation sites (N-methyl/N-ethyl adjacent to an activating group) is 1. The molecule has 1 aliphatic heterocycles. The van der Waals surface area contributed by atoms with Crippen LogP contribution in [0.3, 0.4) is 0 Å². The molecule has 4 aliphatic rings. The number of pyridine rings is 1. The minimum Gasteiger partial charge on any atom is -0.357 e. The molecule has 188 valence electrons. The molecule has 1 N–H and O–H groups in total. The van der Waals surface area contributed by atoms with Crippen molar-refractivity contribution in [1.82, 2.24) is 15.2 Å². The first-order chi connectivity index (χ1) is 17.4. The van der Waals surface area contributed by atoms with Gasteiger partial charge in [0.1, 0.15) is 11.9 Å². The number of allylic oxidation sites excluding steroid dienone is 2. The molecule has 1 saturated carbocycles. The zero-order valence-corrected chi connectivity index (χ0v) is 21.1. The van der Waals surface area contributed by atoms with Gasteiger partial charge in [0.15, 0.2) is 0 Å². The maximum atomic E-state index is 13.9. The Morgan fingerprint density at radius 2 is 2.03 bits per heavy atom. The Kier molecular flexibility index (Phi) is 5.73. The lowest BCUT2D eigenvalue weighted by molar-refractivity contribution is -0.124. The van der Waals surface area contributed by atoms with Crippen LogP contribution in [0.25, 0.3) is 5.57 Å². The predicted octanol–water partition coefficient (Wildman–Crippen LogP) is 5.12. The average Bonchev–Trinajstić information content (AvgIpc) is 3.52. The summed E-state index contributed by atoms with van der Waals surface area (Å²) >= 11 is 0. The average molecular weight is 488 g/mol. The van der Waals surface area contributed by atoms with E-state index in [0.717, 1.165) is 50.5 Å². The highest BCUT2D eigenvalue weighted by atomic mass is 19.1. The van der Waals surface area contributed by atoms with E-state index in [0.29, 0.717) is 29.9 Å². The molecule has 1 saturated heterocycles. The molecule has 5 nitrogen and oxygen atoms in total. The fraction of sp³-hybridized carbons (Fsp3) is 0.500. The Balaban J connectivity index is 1.23. The number of carbonyl (C=O) groups is 2. The fourth-order valence-corrected chi connectivity index (χ4v) is 7.90. The van der Waals surface area contributed by atoms with E-state index >= 15 is 0 Å². The molecule has 1 aromatic heterocycles. The second-order valence-corrected chi connectivity index (χ2v) is 11.3. The van der Waals surface area contributed by atoms with E-state index in [1.165, 1.54) is 22.9 Å². The van der Waals surface area contributed by atoms with Gasteiger partial charge < -0.3 is 10.2 Å². The van der Waals surface area contributed by atoms with Gasteiger partial charge >= 0.3 is 0 Å². The predicted molar refractivity (Wildman–Crippen MR) is 137 cm³/mol. The molecular weight excluding hydrogens is 453 g/mol. The van der Waals surface area contributed by atoms with Crippen molar-refractivity contribution < 1.29 is 14.0 Å². The number of fused-ring (bicyclic) bond motifs is 5. The van der Waals surface area contributed by atoms with Crippen molar-refractivity contribution in [3.8, 4) is 0 Å². The number of benzene rings is 1. The number of hydrogen-bond donors (Lipinski definition) is 1. The molecule has 4 unspecified atom stereocenters. The highest BCUT2D eigenvalue weighted by Crippen LogP contribution is 2.63. The van der Waals surface area contributed by atoms with Gasteiger partial charge in [-0.2, -0.15) is 0 Å². The molecule has 2 amide bonds. The smallest absolute Gasteiger partial charge is 0.254 e. The van der Waals surface area contributed by atoms with Crippen LogP contribution in [0.5, 0.6) is 0 Å². The zero-order valence-electron chi connectivity index (χ0n) is 21.1. The highest BCUT2D eigenvalue weighted by Gasteiger charge is 2.52. The Bertz CT molecular complexity index is 1260. The third-order valence-corrected chi connectivity index (χ3v) is 9.63. The molecule has 6 rings (SSSR count). The minimum absolute atomic E-state index is 0.0319. The summed E-state index contributed by atoms with van der Waals surface area (Å²) in [6, 6.07) is 7.52. The van der Waals surface area contributed by atoms with Crippen molar-refractivity contribution >= 4 is 17.4 Å². The third-order valence-electron chi connectivity index (χ3n) is 9.63. The number of aromatic nitrogens is 1. The zero-order chi connectivity index (χ0) is 25.0. The number of nitrogens with zero attached hydrogens (tertiary/aromatic N) is 2. The lowest BCUT2D eigenvalue weighted by Gasteiger charge is -2.50. The van der Waals surface area contributed by atoms with Crippen molar-refractivity contribution in [3.05, 3.63) is 70.8 Å². The number of carbonyl (C=O) groups excluding carboxylic acids is 2. The third kappa shape index (κ3) is 3.60. The number of amides is 2. The van der Waals surface area contributed by atoms with Gasteiger partial charge in [0.05, 0.1) is 6.20 Å². The first kappa shape index (κ1) is 23.4. The van der Waals surface area contributed by atoms with E-state index in [4.69, 9.17) is 0 Å². The summed E-state index contributed by atoms with van der Waals surface area (Å²) in [6.07, 6.45) is 12.3. The molecule has 2 heterocycles. The van der Waals surface area contributed by atoms with Crippen LogP contribution in [0, 0.1) is 23.1 Å². The SMILES string of the molecule is CNC(=O)[C@@H]1CCCN1C(=O)c1ccc2c(c1)CCC1C2CCC2(C)C(c3cncc(F)c3)=CCC12. The molecule has 0 radical (unpaired) electrons. The van der Waals surface area contributed by atoms with E-state index in [1.807, 2.05) is 6.07 Å². The standard InChI is InChI=1S/C30H34FN3O2/c1-30-12-11-23-22-7-6-19(29(36)34-13-3-4-27(34)28(35)32-2)14-18(22)5-8-24(23)26(30)10-9-25(30)20-15-21(31)17-33-16-20/h6-7,9,14-17,23-24,26-27H,3-5,8,10-13H2,1-2H3,(H,32,35)/t23?,24?,26?,27-,30?/m0/s1. The number of rotatable bonds is 3. The van der Waals surface area contributed by atoms with Gasteiger partial charge in [-0.15, -0.1) is 0 Å². The molecule has 3 aliphatic carbocycles. The van der Waals surface area contributed by atoms with Crippen molar-refractivity contribution in [3.63, 3.8) is 0 Å². The summed E-state index contributed by atoms with van der Waals surface area (Å²) < 4.78 is 13.9. The van der Waals surface area contributed by atoms with Crippen LogP contribution in [0.4, 0.5) is 4.39 Å². The maximum Gasteiger partial charge on any atom is 0.254 e. The molecule has 6 heteroatoms. The molecule has 5 atom stereocenters. The highest BCUT2D eigenvalue weighted by molar-refractivity contribution is 5.98. The molecule has 36 heavy (non-hydrogen) atoms. The van der Waals surface area contributed by atoms with Crippen LogP contribution in [0.15, 0.2) is 42.7 Å². The van der Waals surface area contributed by atoms with Gasteiger partial charge in [0.2, 0.25) is 5.91 Å². The number of likely N-dealkylation sites (tertiary alicyclic amines) is 1. The van der Waals surface area contributed by atoms with E-state index in [1.54, 1.807) is 24.2 Å². The first-order valence-corrected chi connectivity index (χ1v) is 13.4. The van der Waals surface area contributed by atoms with Crippen LogP contribution in [0.1, 0.15) is 78.4 Å². The molecule has 0 bridgehead atoms. The Hall–Kier alpha value is -3.02. The normalized spacial score (nSPS) is 30.8. The molecular formula is C30H34FN3O2.